The molecule has 1 aliphatic rings. The zero-order valence-electron chi connectivity index (χ0n) is 13.6. The molecule has 0 bridgehead atoms. The molecule has 1 saturated heterocycles. The first-order chi connectivity index (χ1) is 12.0. The smallest absolute Gasteiger partial charge is 0.255 e. The second-order valence-corrected chi connectivity index (χ2v) is 7.75. The molecule has 7 heteroatoms. The fourth-order valence-corrected chi connectivity index (χ4v) is 4.36. The normalized spacial score (nSPS) is 15.7. The van der Waals surface area contributed by atoms with Gasteiger partial charge in [0.1, 0.15) is 5.76 Å². The number of hydrogen-bond acceptors (Lipinski definition) is 4. The van der Waals surface area contributed by atoms with Crippen molar-refractivity contribution in [3.05, 3.63) is 54.0 Å². The van der Waals surface area contributed by atoms with Crippen LogP contribution in [-0.2, 0) is 16.6 Å². The van der Waals surface area contributed by atoms with Crippen molar-refractivity contribution in [2.75, 3.05) is 23.1 Å². The summed E-state index contributed by atoms with van der Waals surface area (Å²) in [6, 6.07) is 10.1. The largest absolute Gasteiger partial charge is 0.467 e. The standard InChI is InChI=1S/C18H18N2O4S/c1-2-9-19(14-17-8-4-11-24-17)18(21)15-6-3-7-16(13-15)20-10-5-12-25(20,22)23/h1,3-4,6-8,11,13H,5,9-10,12,14H2. The fourth-order valence-electron chi connectivity index (χ4n) is 2.81. The van der Waals surface area contributed by atoms with Crippen molar-refractivity contribution in [3.63, 3.8) is 0 Å². The Balaban J connectivity index is 1.86. The van der Waals surface area contributed by atoms with Gasteiger partial charge in [0, 0.05) is 12.1 Å². The number of carbonyl (C=O) groups is 1. The van der Waals surface area contributed by atoms with Gasteiger partial charge < -0.3 is 9.32 Å². The summed E-state index contributed by atoms with van der Waals surface area (Å²) in [5.74, 6) is 2.96. The van der Waals surface area contributed by atoms with Crippen LogP contribution in [0, 0.1) is 12.3 Å². The molecule has 0 unspecified atom stereocenters. The molecule has 1 amide bonds. The minimum atomic E-state index is -3.29. The van der Waals surface area contributed by atoms with Crippen molar-refractivity contribution in [1.82, 2.24) is 4.90 Å². The van der Waals surface area contributed by atoms with Gasteiger partial charge in [0.05, 0.1) is 30.8 Å². The van der Waals surface area contributed by atoms with Gasteiger partial charge in [-0.1, -0.05) is 12.0 Å². The van der Waals surface area contributed by atoms with Gasteiger partial charge in [-0.25, -0.2) is 8.42 Å². The van der Waals surface area contributed by atoms with Gasteiger partial charge in [0.2, 0.25) is 10.0 Å². The Morgan fingerprint density at radius 3 is 2.80 bits per heavy atom. The Morgan fingerprint density at radius 1 is 1.32 bits per heavy atom. The van der Waals surface area contributed by atoms with E-state index in [1.165, 1.54) is 15.5 Å². The Hall–Kier alpha value is -2.72. The van der Waals surface area contributed by atoms with Crippen LogP contribution in [0.25, 0.3) is 0 Å². The van der Waals surface area contributed by atoms with E-state index in [0.717, 1.165) is 0 Å². The number of furan rings is 1. The van der Waals surface area contributed by atoms with E-state index in [1.807, 2.05) is 0 Å². The first-order valence-electron chi connectivity index (χ1n) is 7.87. The molecule has 1 aromatic carbocycles. The summed E-state index contributed by atoms with van der Waals surface area (Å²) in [7, 11) is -3.29. The van der Waals surface area contributed by atoms with Crippen molar-refractivity contribution in [1.29, 1.82) is 0 Å². The van der Waals surface area contributed by atoms with Gasteiger partial charge >= 0.3 is 0 Å². The van der Waals surface area contributed by atoms with E-state index in [4.69, 9.17) is 10.8 Å². The van der Waals surface area contributed by atoms with Crippen LogP contribution in [0.15, 0.2) is 47.1 Å². The molecule has 1 aromatic heterocycles. The van der Waals surface area contributed by atoms with E-state index in [9.17, 15) is 13.2 Å². The zero-order chi connectivity index (χ0) is 17.9. The lowest BCUT2D eigenvalue weighted by atomic mass is 10.1. The van der Waals surface area contributed by atoms with Gasteiger partial charge in [-0.05, 0) is 36.8 Å². The Morgan fingerprint density at radius 2 is 2.16 bits per heavy atom. The van der Waals surface area contributed by atoms with Gasteiger partial charge in [0.25, 0.3) is 5.91 Å². The SMILES string of the molecule is C#CCN(Cc1ccco1)C(=O)c1cccc(N2CCCS2(=O)=O)c1. The summed E-state index contributed by atoms with van der Waals surface area (Å²) in [5, 5.41) is 0. The zero-order valence-corrected chi connectivity index (χ0v) is 14.4. The second-order valence-electron chi connectivity index (χ2n) is 5.74. The number of nitrogens with zero attached hydrogens (tertiary/aromatic N) is 2. The molecule has 0 saturated carbocycles. The molecule has 2 aromatic rings. The predicted octanol–water partition coefficient (Wildman–Crippen LogP) is 2.10. The highest BCUT2D eigenvalue weighted by Gasteiger charge is 2.29. The molecule has 2 heterocycles. The average Bonchev–Trinajstić information content (AvgIpc) is 3.23. The van der Waals surface area contributed by atoms with E-state index < -0.39 is 10.0 Å². The monoisotopic (exact) mass is 358 g/mol. The van der Waals surface area contributed by atoms with Crippen LogP contribution in [-0.4, -0.2) is 38.1 Å². The molecule has 0 spiro atoms. The number of benzene rings is 1. The van der Waals surface area contributed by atoms with Crippen molar-refractivity contribution >= 4 is 21.6 Å². The van der Waals surface area contributed by atoms with Gasteiger partial charge in [-0.15, -0.1) is 6.42 Å². The van der Waals surface area contributed by atoms with Gasteiger partial charge in [0.15, 0.2) is 0 Å². The summed E-state index contributed by atoms with van der Waals surface area (Å²) >= 11 is 0. The topological polar surface area (TPSA) is 70.8 Å². The third-order valence-corrected chi connectivity index (χ3v) is 5.85. The molecule has 1 fully saturated rings. The number of rotatable bonds is 5. The molecule has 3 rings (SSSR count). The quantitative estimate of drug-likeness (QED) is 0.768. The summed E-state index contributed by atoms with van der Waals surface area (Å²) in [6.45, 7) is 0.814. The lowest BCUT2D eigenvalue weighted by molar-refractivity contribution is 0.0755. The van der Waals surface area contributed by atoms with Crippen molar-refractivity contribution in [2.45, 2.75) is 13.0 Å². The summed E-state index contributed by atoms with van der Waals surface area (Å²) in [4.78, 5) is 14.3. The Kier molecular flexibility index (Phi) is 4.81. The number of anilines is 1. The molecular formula is C18H18N2O4S. The van der Waals surface area contributed by atoms with E-state index in [-0.39, 0.29) is 24.7 Å². The lowest BCUT2D eigenvalue weighted by Gasteiger charge is -2.21. The Bertz CT molecular complexity index is 897. The van der Waals surface area contributed by atoms with Gasteiger partial charge in [-0.2, -0.15) is 0 Å². The molecule has 0 atom stereocenters. The summed E-state index contributed by atoms with van der Waals surface area (Å²) < 4.78 is 30.8. The van der Waals surface area contributed by atoms with Crippen molar-refractivity contribution < 1.29 is 17.6 Å². The number of sulfonamides is 1. The van der Waals surface area contributed by atoms with Crippen LogP contribution >= 0.6 is 0 Å². The first-order valence-corrected chi connectivity index (χ1v) is 9.48. The fraction of sp³-hybridized carbons (Fsp3) is 0.278. The third kappa shape index (κ3) is 3.69. The number of carbonyl (C=O) groups excluding carboxylic acids is 1. The Labute approximate surface area is 147 Å². The van der Waals surface area contributed by atoms with E-state index >= 15 is 0 Å². The molecule has 25 heavy (non-hydrogen) atoms. The maximum atomic E-state index is 12.8. The molecule has 0 N–H and O–H groups in total. The average molecular weight is 358 g/mol. The maximum Gasteiger partial charge on any atom is 0.255 e. The van der Waals surface area contributed by atoms with Crippen LogP contribution in [0.3, 0.4) is 0 Å². The van der Waals surface area contributed by atoms with Crippen LogP contribution in [0.1, 0.15) is 22.5 Å². The lowest BCUT2D eigenvalue weighted by Crippen LogP contribution is -2.31. The predicted molar refractivity (Wildman–Crippen MR) is 94.5 cm³/mol. The van der Waals surface area contributed by atoms with Crippen LogP contribution in [0.2, 0.25) is 0 Å². The highest BCUT2D eigenvalue weighted by Crippen LogP contribution is 2.25. The third-order valence-electron chi connectivity index (χ3n) is 3.98. The van der Waals surface area contributed by atoms with E-state index in [2.05, 4.69) is 5.92 Å². The number of amides is 1. The second kappa shape index (κ2) is 7.03. The van der Waals surface area contributed by atoms with Crippen LogP contribution < -0.4 is 4.31 Å². The molecular weight excluding hydrogens is 340 g/mol. The van der Waals surface area contributed by atoms with E-state index in [1.54, 1.807) is 36.4 Å². The summed E-state index contributed by atoms with van der Waals surface area (Å²) in [6.07, 6.45) is 7.50. The number of terminal acetylenes is 1. The molecule has 130 valence electrons. The number of hydrogen-bond donors (Lipinski definition) is 0. The van der Waals surface area contributed by atoms with Gasteiger partial charge in [-0.3, -0.25) is 9.10 Å². The highest BCUT2D eigenvalue weighted by molar-refractivity contribution is 7.93. The molecule has 1 aliphatic heterocycles. The van der Waals surface area contributed by atoms with E-state index in [0.29, 0.717) is 30.0 Å². The van der Waals surface area contributed by atoms with Crippen molar-refractivity contribution in [3.8, 4) is 12.3 Å². The molecule has 0 aliphatic carbocycles. The minimum Gasteiger partial charge on any atom is -0.467 e. The molecule has 0 radical (unpaired) electrons. The summed E-state index contributed by atoms with van der Waals surface area (Å²) in [5.41, 5.74) is 0.892. The highest BCUT2D eigenvalue weighted by atomic mass is 32.2. The van der Waals surface area contributed by atoms with Crippen molar-refractivity contribution in [2.24, 2.45) is 0 Å². The maximum absolute atomic E-state index is 12.8. The van der Waals surface area contributed by atoms with Crippen LogP contribution in [0.5, 0.6) is 0 Å². The molecule has 6 nitrogen and oxygen atoms in total. The minimum absolute atomic E-state index is 0.131. The van der Waals surface area contributed by atoms with Crippen LogP contribution in [0.4, 0.5) is 5.69 Å². The first kappa shape index (κ1) is 17.1.